The van der Waals surface area contributed by atoms with Crippen molar-refractivity contribution in [2.75, 3.05) is 13.1 Å². The van der Waals surface area contributed by atoms with Crippen molar-refractivity contribution in [3.8, 4) is 0 Å². The topological polar surface area (TPSA) is 20.3 Å². The molecule has 3 rings (SSSR count). The van der Waals surface area contributed by atoms with Crippen LogP contribution >= 0.6 is 0 Å². The molecule has 1 aliphatic heterocycles. The van der Waals surface area contributed by atoms with E-state index in [-0.39, 0.29) is 5.78 Å². The third-order valence-electron chi connectivity index (χ3n) is 4.38. The molecule has 2 heteroatoms. The molecule has 0 bridgehead atoms. The van der Waals surface area contributed by atoms with Gasteiger partial charge in [0, 0.05) is 17.7 Å². The zero-order valence-electron chi connectivity index (χ0n) is 13.2. The second-order valence-corrected chi connectivity index (χ2v) is 6.23. The molecule has 1 aliphatic rings. The van der Waals surface area contributed by atoms with E-state index in [2.05, 4.69) is 17.0 Å². The second-order valence-electron chi connectivity index (χ2n) is 6.23. The molecule has 0 aliphatic carbocycles. The van der Waals surface area contributed by atoms with Crippen LogP contribution in [-0.2, 0) is 6.54 Å². The molecule has 0 spiro atoms. The average molecular weight is 293 g/mol. The highest BCUT2D eigenvalue weighted by Crippen LogP contribution is 2.15. The van der Waals surface area contributed by atoms with Crippen LogP contribution in [0.3, 0.4) is 0 Å². The van der Waals surface area contributed by atoms with Crippen LogP contribution in [0.15, 0.2) is 48.5 Å². The molecule has 0 saturated carbocycles. The number of hydrogen-bond acceptors (Lipinski definition) is 2. The van der Waals surface area contributed by atoms with Gasteiger partial charge in [-0.25, -0.2) is 0 Å². The van der Waals surface area contributed by atoms with E-state index < -0.39 is 0 Å². The van der Waals surface area contributed by atoms with Gasteiger partial charge >= 0.3 is 0 Å². The Labute approximate surface area is 132 Å². The second kappa shape index (κ2) is 6.89. The molecule has 1 saturated heterocycles. The number of nitrogens with zero attached hydrogens (tertiary/aromatic N) is 1. The zero-order valence-corrected chi connectivity index (χ0v) is 13.2. The Morgan fingerprint density at radius 1 is 0.864 bits per heavy atom. The molecule has 22 heavy (non-hydrogen) atoms. The number of ketones is 1. The number of hydrogen-bond donors (Lipinski definition) is 0. The van der Waals surface area contributed by atoms with Crippen LogP contribution in [0.2, 0.25) is 0 Å². The lowest BCUT2D eigenvalue weighted by Gasteiger charge is -2.26. The van der Waals surface area contributed by atoms with Crippen molar-refractivity contribution in [3.05, 3.63) is 70.8 Å². The first-order chi connectivity index (χ1) is 10.7. The lowest BCUT2D eigenvalue weighted by molar-refractivity contribution is 0.103. The predicted octanol–water partition coefficient (Wildman–Crippen LogP) is 4.21. The summed E-state index contributed by atoms with van der Waals surface area (Å²) in [6, 6.07) is 15.9. The zero-order chi connectivity index (χ0) is 15.4. The smallest absolute Gasteiger partial charge is 0.193 e. The van der Waals surface area contributed by atoms with Crippen LogP contribution < -0.4 is 0 Å². The Morgan fingerprint density at radius 2 is 1.41 bits per heavy atom. The lowest BCUT2D eigenvalue weighted by Crippen LogP contribution is -2.29. The monoisotopic (exact) mass is 293 g/mol. The van der Waals surface area contributed by atoms with Gasteiger partial charge in [0.1, 0.15) is 0 Å². The molecular formula is C20H23NO. The normalized spacial score (nSPS) is 15.7. The highest BCUT2D eigenvalue weighted by Gasteiger charge is 2.12. The first kappa shape index (κ1) is 15.0. The molecule has 114 valence electrons. The van der Waals surface area contributed by atoms with Crippen LogP contribution in [-0.4, -0.2) is 23.8 Å². The van der Waals surface area contributed by atoms with Gasteiger partial charge < -0.3 is 0 Å². The Morgan fingerprint density at radius 3 is 2.00 bits per heavy atom. The van der Waals surface area contributed by atoms with Gasteiger partial charge in [-0.3, -0.25) is 9.69 Å². The summed E-state index contributed by atoms with van der Waals surface area (Å²) in [5.74, 6) is 0.101. The Kier molecular flexibility index (Phi) is 4.69. The summed E-state index contributed by atoms with van der Waals surface area (Å²) < 4.78 is 0. The Hall–Kier alpha value is -1.93. The summed E-state index contributed by atoms with van der Waals surface area (Å²) in [4.78, 5) is 14.9. The number of piperidine rings is 1. The van der Waals surface area contributed by atoms with E-state index >= 15 is 0 Å². The summed E-state index contributed by atoms with van der Waals surface area (Å²) in [5.41, 5.74) is 4.00. The fraction of sp³-hybridized carbons (Fsp3) is 0.350. The van der Waals surface area contributed by atoms with Gasteiger partial charge in [0.05, 0.1) is 0 Å². The Balaban J connectivity index is 1.68. The fourth-order valence-electron chi connectivity index (χ4n) is 3.01. The number of benzene rings is 2. The minimum atomic E-state index is 0.101. The molecule has 1 fully saturated rings. The van der Waals surface area contributed by atoms with Gasteiger partial charge in [0.2, 0.25) is 0 Å². The predicted molar refractivity (Wildman–Crippen MR) is 90.2 cm³/mol. The number of carbonyl (C=O) groups is 1. The largest absolute Gasteiger partial charge is 0.299 e. The molecule has 0 radical (unpaired) electrons. The van der Waals surface area contributed by atoms with Crippen molar-refractivity contribution < 1.29 is 4.79 Å². The van der Waals surface area contributed by atoms with E-state index in [9.17, 15) is 4.79 Å². The maximum Gasteiger partial charge on any atom is 0.193 e. The van der Waals surface area contributed by atoms with Gasteiger partial charge in [0.25, 0.3) is 0 Å². The first-order valence-corrected chi connectivity index (χ1v) is 8.15. The van der Waals surface area contributed by atoms with Crippen molar-refractivity contribution in [3.63, 3.8) is 0 Å². The van der Waals surface area contributed by atoms with Crippen LogP contribution in [0.4, 0.5) is 0 Å². The van der Waals surface area contributed by atoms with E-state index in [0.29, 0.717) is 0 Å². The van der Waals surface area contributed by atoms with Crippen molar-refractivity contribution in [2.45, 2.75) is 32.7 Å². The van der Waals surface area contributed by atoms with E-state index in [4.69, 9.17) is 0 Å². The third kappa shape index (κ3) is 3.63. The van der Waals surface area contributed by atoms with E-state index in [1.165, 1.54) is 43.5 Å². The van der Waals surface area contributed by atoms with Crippen molar-refractivity contribution in [1.29, 1.82) is 0 Å². The van der Waals surface area contributed by atoms with Gasteiger partial charge in [-0.1, -0.05) is 60.5 Å². The van der Waals surface area contributed by atoms with Crippen LogP contribution in [0.5, 0.6) is 0 Å². The molecular weight excluding hydrogens is 270 g/mol. The van der Waals surface area contributed by atoms with Gasteiger partial charge in [0.15, 0.2) is 5.78 Å². The molecule has 2 nitrogen and oxygen atoms in total. The van der Waals surface area contributed by atoms with Crippen molar-refractivity contribution in [1.82, 2.24) is 4.90 Å². The summed E-state index contributed by atoms with van der Waals surface area (Å²) in [6.07, 6.45) is 3.98. The summed E-state index contributed by atoms with van der Waals surface area (Å²) in [5, 5.41) is 0. The van der Waals surface area contributed by atoms with Crippen LogP contribution in [0, 0.1) is 6.92 Å². The average Bonchev–Trinajstić information content (AvgIpc) is 2.57. The summed E-state index contributed by atoms with van der Waals surface area (Å²) >= 11 is 0. The van der Waals surface area contributed by atoms with Gasteiger partial charge in [-0.05, 0) is 38.4 Å². The minimum absolute atomic E-state index is 0.101. The summed E-state index contributed by atoms with van der Waals surface area (Å²) in [6.45, 7) is 5.43. The van der Waals surface area contributed by atoms with E-state index in [0.717, 1.165) is 17.7 Å². The number of aryl methyl sites for hydroxylation is 1. The molecule has 0 N–H and O–H groups in total. The summed E-state index contributed by atoms with van der Waals surface area (Å²) in [7, 11) is 0. The first-order valence-electron chi connectivity index (χ1n) is 8.15. The number of likely N-dealkylation sites (tertiary alicyclic amines) is 1. The fourth-order valence-corrected chi connectivity index (χ4v) is 3.01. The van der Waals surface area contributed by atoms with E-state index in [1.807, 2.05) is 43.3 Å². The molecule has 0 atom stereocenters. The minimum Gasteiger partial charge on any atom is -0.299 e. The van der Waals surface area contributed by atoms with Crippen LogP contribution in [0.1, 0.15) is 46.3 Å². The molecule has 2 aromatic rings. The van der Waals surface area contributed by atoms with Crippen molar-refractivity contribution in [2.24, 2.45) is 0 Å². The lowest BCUT2D eigenvalue weighted by atomic mass is 10.0. The van der Waals surface area contributed by atoms with Gasteiger partial charge in [-0.15, -0.1) is 0 Å². The highest BCUT2D eigenvalue weighted by molar-refractivity contribution is 6.08. The Bertz CT molecular complexity index is 622. The quantitative estimate of drug-likeness (QED) is 0.787. The molecule has 0 aromatic heterocycles. The SMILES string of the molecule is Cc1ccc(C(=O)c2ccc(CN3CCCCC3)cc2)cc1. The maximum absolute atomic E-state index is 12.4. The van der Waals surface area contributed by atoms with E-state index in [1.54, 1.807) is 0 Å². The van der Waals surface area contributed by atoms with Crippen LogP contribution in [0.25, 0.3) is 0 Å². The third-order valence-corrected chi connectivity index (χ3v) is 4.38. The molecule has 1 heterocycles. The molecule has 0 unspecified atom stereocenters. The molecule has 2 aromatic carbocycles. The van der Waals surface area contributed by atoms with Crippen molar-refractivity contribution >= 4 is 5.78 Å². The standard InChI is InChI=1S/C20H23NO/c1-16-5-9-18(10-6-16)20(22)19-11-7-17(8-12-19)15-21-13-3-2-4-14-21/h5-12H,2-4,13-15H2,1H3. The maximum atomic E-state index is 12.4. The molecule has 0 amide bonds. The number of carbonyl (C=O) groups excluding carboxylic acids is 1. The number of rotatable bonds is 4. The van der Waals surface area contributed by atoms with Gasteiger partial charge in [-0.2, -0.15) is 0 Å². The highest BCUT2D eigenvalue weighted by atomic mass is 16.1.